The van der Waals surface area contributed by atoms with E-state index >= 15 is 0 Å². The van der Waals surface area contributed by atoms with Gasteiger partial charge in [0.15, 0.2) is 6.73 Å². The van der Waals surface area contributed by atoms with Gasteiger partial charge in [-0.2, -0.15) is 5.10 Å². The average molecular weight is 319 g/mol. The Balaban J connectivity index is 2.20. The molecule has 0 unspecified atom stereocenters. The van der Waals surface area contributed by atoms with E-state index in [1.165, 1.54) is 0 Å². The lowest BCUT2D eigenvalue weighted by Crippen LogP contribution is -2.08. The number of carboxylic acid groups (broad SMARTS) is 1. The van der Waals surface area contributed by atoms with Gasteiger partial charge in [-0.25, -0.2) is 9.48 Å². The molecule has 1 heterocycles. The first-order valence-corrected chi connectivity index (χ1v) is 6.97. The molecule has 122 valence electrons. The summed E-state index contributed by atoms with van der Waals surface area (Å²) in [5, 5.41) is 23.4. The molecular formula is C15H17N3O5. The topological polar surface area (TPSA) is 107 Å². The van der Waals surface area contributed by atoms with Crippen LogP contribution in [0.4, 0.5) is 5.69 Å². The Morgan fingerprint density at radius 1 is 1.43 bits per heavy atom. The molecule has 8 nitrogen and oxygen atoms in total. The summed E-state index contributed by atoms with van der Waals surface area (Å²) < 4.78 is 6.67. The largest absolute Gasteiger partial charge is 0.476 e. The molecule has 0 aliphatic rings. The highest BCUT2D eigenvalue weighted by Crippen LogP contribution is 2.23. The lowest BCUT2D eigenvalue weighted by molar-refractivity contribution is -0.385. The fraction of sp³-hybridized carbons (Fsp3) is 0.333. The SMILES string of the molecule is Cc1cc(OCn2cc([N+](=O)[O-])c(C(=O)O)n2)cc(C(C)C)c1. The molecular weight excluding hydrogens is 302 g/mol. The van der Waals surface area contributed by atoms with Crippen molar-refractivity contribution in [1.29, 1.82) is 0 Å². The number of ether oxygens (including phenoxy) is 1. The smallest absolute Gasteiger partial charge is 0.363 e. The minimum Gasteiger partial charge on any atom is -0.476 e. The number of carboxylic acids is 1. The van der Waals surface area contributed by atoms with E-state index in [2.05, 4.69) is 25.0 Å². The van der Waals surface area contributed by atoms with Gasteiger partial charge in [0.1, 0.15) is 11.9 Å². The second-order valence-electron chi connectivity index (χ2n) is 5.47. The van der Waals surface area contributed by atoms with Crippen molar-refractivity contribution in [2.24, 2.45) is 0 Å². The summed E-state index contributed by atoms with van der Waals surface area (Å²) in [5.74, 6) is -0.515. The second-order valence-corrected chi connectivity index (χ2v) is 5.47. The summed E-state index contributed by atoms with van der Waals surface area (Å²) in [6.45, 7) is 5.96. The summed E-state index contributed by atoms with van der Waals surface area (Å²) in [7, 11) is 0. The Morgan fingerprint density at radius 2 is 2.13 bits per heavy atom. The quantitative estimate of drug-likeness (QED) is 0.648. The van der Waals surface area contributed by atoms with Crippen LogP contribution in [0.25, 0.3) is 0 Å². The molecule has 8 heteroatoms. The number of rotatable bonds is 6. The third-order valence-electron chi connectivity index (χ3n) is 3.24. The molecule has 23 heavy (non-hydrogen) atoms. The molecule has 2 aromatic rings. The number of nitro groups is 1. The maximum Gasteiger partial charge on any atom is 0.363 e. The Kier molecular flexibility index (Phi) is 4.63. The molecule has 0 atom stereocenters. The second kappa shape index (κ2) is 6.47. The third-order valence-corrected chi connectivity index (χ3v) is 3.24. The lowest BCUT2D eigenvalue weighted by Gasteiger charge is -2.11. The molecule has 0 spiro atoms. The van der Waals surface area contributed by atoms with E-state index in [1.54, 1.807) is 0 Å². The van der Waals surface area contributed by atoms with Crippen LogP contribution in [0.1, 0.15) is 41.4 Å². The molecule has 0 fully saturated rings. The van der Waals surface area contributed by atoms with Crippen LogP contribution in [-0.2, 0) is 6.73 Å². The highest BCUT2D eigenvalue weighted by molar-refractivity contribution is 5.89. The van der Waals surface area contributed by atoms with Gasteiger partial charge < -0.3 is 9.84 Å². The highest BCUT2D eigenvalue weighted by atomic mass is 16.6. The molecule has 0 amide bonds. The summed E-state index contributed by atoms with van der Waals surface area (Å²) in [4.78, 5) is 21.0. The van der Waals surface area contributed by atoms with Crippen LogP contribution in [0.2, 0.25) is 0 Å². The minimum absolute atomic E-state index is 0.116. The number of aromatic carboxylic acids is 1. The molecule has 0 bridgehead atoms. The van der Waals surface area contributed by atoms with E-state index in [1.807, 2.05) is 19.1 Å². The van der Waals surface area contributed by atoms with Crippen LogP contribution in [0.15, 0.2) is 24.4 Å². The summed E-state index contributed by atoms with van der Waals surface area (Å²) >= 11 is 0. The fourth-order valence-electron chi connectivity index (χ4n) is 2.10. The predicted octanol–water partition coefficient (Wildman–Crippen LogP) is 2.96. The van der Waals surface area contributed by atoms with Crippen molar-refractivity contribution in [3.63, 3.8) is 0 Å². The van der Waals surface area contributed by atoms with Crippen molar-refractivity contribution >= 4 is 11.7 Å². The van der Waals surface area contributed by atoms with Crippen molar-refractivity contribution in [3.8, 4) is 5.75 Å². The fourth-order valence-corrected chi connectivity index (χ4v) is 2.10. The van der Waals surface area contributed by atoms with Crippen LogP contribution < -0.4 is 4.74 Å². The number of nitrogens with zero attached hydrogens (tertiary/aromatic N) is 3. The maximum atomic E-state index is 11.0. The first-order chi connectivity index (χ1) is 10.8. The van der Waals surface area contributed by atoms with E-state index < -0.39 is 22.3 Å². The normalized spacial score (nSPS) is 10.8. The van der Waals surface area contributed by atoms with Gasteiger partial charge in [-0.05, 0) is 36.1 Å². The summed E-state index contributed by atoms with van der Waals surface area (Å²) in [6.07, 6.45) is 1.04. The Hall–Kier alpha value is -2.90. The summed E-state index contributed by atoms with van der Waals surface area (Å²) in [5.41, 5.74) is 0.973. The summed E-state index contributed by atoms with van der Waals surface area (Å²) in [6, 6.07) is 5.77. The first kappa shape index (κ1) is 16.5. The van der Waals surface area contributed by atoms with Gasteiger partial charge in [-0.15, -0.1) is 0 Å². The van der Waals surface area contributed by atoms with Crippen molar-refractivity contribution < 1.29 is 19.6 Å². The Morgan fingerprint density at radius 3 is 2.65 bits per heavy atom. The number of aryl methyl sites for hydroxylation is 1. The van der Waals surface area contributed by atoms with E-state index in [0.29, 0.717) is 11.7 Å². The molecule has 1 aromatic carbocycles. The molecule has 0 aliphatic carbocycles. The molecule has 0 saturated heterocycles. The van der Waals surface area contributed by atoms with Gasteiger partial charge in [0.25, 0.3) is 0 Å². The molecule has 1 N–H and O–H groups in total. The molecule has 1 aromatic heterocycles. The first-order valence-electron chi connectivity index (χ1n) is 6.97. The van der Waals surface area contributed by atoms with Gasteiger partial charge in [-0.3, -0.25) is 10.1 Å². The third kappa shape index (κ3) is 3.85. The van der Waals surface area contributed by atoms with Gasteiger partial charge >= 0.3 is 11.7 Å². The zero-order chi connectivity index (χ0) is 17.1. The van der Waals surface area contributed by atoms with Gasteiger partial charge in [0.2, 0.25) is 5.69 Å². The van der Waals surface area contributed by atoms with E-state index in [0.717, 1.165) is 22.0 Å². The van der Waals surface area contributed by atoms with Crippen LogP contribution in [0, 0.1) is 17.0 Å². The molecule has 2 rings (SSSR count). The maximum absolute atomic E-state index is 11.0. The van der Waals surface area contributed by atoms with Gasteiger partial charge in [-0.1, -0.05) is 19.9 Å². The van der Waals surface area contributed by atoms with Gasteiger partial charge in [0.05, 0.1) is 4.92 Å². The van der Waals surface area contributed by atoms with E-state index in [9.17, 15) is 14.9 Å². The van der Waals surface area contributed by atoms with E-state index in [-0.39, 0.29) is 6.73 Å². The van der Waals surface area contributed by atoms with Crippen LogP contribution in [0.3, 0.4) is 0 Å². The Bertz CT molecular complexity index is 720. The van der Waals surface area contributed by atoms with Crippen LogP contribution in [0.5, 0.6) is 5.75 Å². The predicted molar refractivity (Wildman–Crippen MR) is 81.7 cm³/mol. The number of benzene rings is 1. The van der Waals surface area contributed by atoms with Crippen LogP contribution >= 0.6 is 0 Å². The number of hydrogen-bond acceptors (Lipinski definition) is 5. The van der Waals surface area contributed by atoms with Crippen molar-refractivity contribution in [1.82, 2.24) is 9.78 Å². The highest BCUT2D eigenvalue weighted by Gasteiger charge is 2.25. The average Bonchev–Trinajstić information content (AvgIpc) is 2.89. The molecule has 0 saturated carbocycles. The lowest BCUT2D eigenvalue weighted by atomic mass is 10.0. The molecule has 0 aliphatic heterocycles. The zero-order valence-electron chi connectivity index (χ0n) is 13.0. The van der Waals surface area contributed by atoms with Crippen molar-refractivity contribution in [2.75, 3.05) is 0 Å². The zero-order valence-corrected chi connectivity index (χ0v) is 13.0. The Labute approximate surface area is 132 Å². The van der Waals surface area contributed by atoms with Gasteiger partial charge in [0, 0.05) is 0 Å². The molecule has 0 radical (unpaired) electrons. The van der Waals surface area contributed by atoms with Crippen molar-refractivity contribution in [2.45, 2.75) is 33.4 Å². The van der Waals surface area contributed by atoms with E-state index in [4.69, 9.17) is 9.84 Å². The monoisotopic (exact) mass is 319 g/mol. The number of carbonyl (C=O) groups is 1. The number of aromatic nitrogens is 2. The number of hydrogen-bond donors (Lipinski definition) is 1. The van der Waals surface area contributed by atoms with Crippen molar-refractivity contribution in [3.05, 3.63) is 51.3 Å². The minimum atomic E-state index is -1.45. The standard InChI is InChI=1S/C15H17N3O5/c1-9(2)11-4-10(3)5-12(6-11)23-8-17-7-13(18(21)22)14(16-17)15(19)20/h4-7,9H,8H2,1-3H3,(H,19,20). The van der Waals surface area contributed by atoms with Crippen LogP contribution in [-0.4, -0.2) is 25.8 Å².